The normalized spacial score (nSPS) is 14.5. The second kappa shape index (κ2) is 19.2. The monoisotopic (exact) mass is 482 g/mol. The molecule has 0 aliphatic carbocycles. The Hall–Kier alpha value is -2.25. The van der Waals surface area contributed by atoms with Crippen LogP contribution >= 0.6 is 0 Å². The Morgan fingerprint density at radius 2 is 1.39 bits per heavy atom. The molecule has 1 aromatic rings. The van der Waals surface area contributed by atoms with Crippen molar-refractivity contribution in [3.8, 4) is 11.5 Å². The van der Waals surface area contributed by atoms with Gasteiger partial charge in [0.1, 0.15) is 0 Å². The zero-order valence-electron chi connectivity index (χ0n) is 22.4. The number of ether oxygens (including phenoxy) is 2. The minimum absolute atomic E-state index is 0.215. The summed E-state index contributed by atoms with van der Waals surface area (Å²) in [6, 6.07) is 4.68. The van der Waals surface area contributed by atoms with Crippen molar-refractivity contribution in [2.45, 2.75) is 60.3 Å². The molecule has 2 rings (SSSR count). The van der Waals surface area contributed by atoms with E-state index in [9.17, 15) is 8.42 Å². The number of methoxy groups -OCH3 is 2. The van der Waals surface area contributed by atoms with Gasteiger partial charge in [0.15, 0.2) is 11.5 Å². The highest BCUT2D eigenvalue weighted by molar-refractivity contribution is 7.89. The van der Waals surface area contributed by atoms with Gasteiger partial charge in [-0.2, -0.15) is 4.31 Å². The van der Waals surface area contributed by atoms with E-state index in [-0.39, 0.29) is 4.90 Å². The van der Waals surface area contributed by atoms with Crippen molar-refractivity contribution in [3.05, 3.63) is 54.3 Å². The molecule has 0 aromatic heterocycles. The predicted molar refractivity (Wildman–Crippen MR) is 142 cm³/mol. The molecule has 0 amide bonds. The molecule has 0 N–H and O–H groups in total. The van der Waals surface area contributed by atoms with Gasteiger partial charge in [-0.1, -0.05) is 59.8 Å². The van der Waals surface area contributed by atoms with Gasteiger partial charge in [-0.25, -0.2) is 8.42 Å². The summed E-state index contributed by atoms with van der Waals surface area (Å²) in [5, 5.41) is 0. The Labute approximate surface area is 203 Å². The summed E-state index contributed by atoms with van der Waals surface area (Å²) < 4.78 is 37.9. The Morgan fingerprint density at radius 1 is 0.848 bits per heavy atom. The Kier molecular flexibility index (Phi) is 19.2. The van der Waals surface area contributed by atoms with Crippen LogP contribution in [0.1, 0.15) is 55.4 Å². The van der Waals surface area contributed by atoms with Crippen molar-refractivity contribution in [1.29, 1.82) is 0 Å². The van der Waals surface area contributed by atoms with E-state index in [4.69, 9.17) is 9.47 Å². The molecule has 7 heteroatoms. The van der Waals surface area contributed by atoms with Crippen LogP contribution in [-0.2, 0) is 10.0 Å². The minimum atomic E-state index is -3.58. The number of allylic oxidation sites excluding steroid dienone is 5. The number of sulfonamides is 1. The number of hydrogen-bond acceptors (Lipinski definition) is 5. The molecule has 0 saturated carbocycles. The summed E-state index contributed by atoms with van der Waals surface area (Å²) in [4.78, 5) is 2.41. The third-order valence-corrected chi connectivity index (χ3v) is 6.29. The molecule has 0 unspecified atom stereocenters. The van der Waals surface area contributed by atoms with Crippen molar-refractivity contribution < 1.29 is 17.9 Å². The molecule has 0 atom stereocenters. The van der Waals surface area contributed by atoms with E-state index < -0.39 is 10.0 Å². The maximum atomic E-state index is 13.0. The molecule has 1 saturated heterocycles. The standard InChI is InChI=1S/C20H28N2O4S.3C2H6/c1-5-7-9-17(8-6-2)21-12-14-22(15-13-21)27(23,24)18-10-11-19(25-3)20(16-18)26-4;3*1-2/h5-11,16H,12-15H2,1-4H3;3*1-2H3/b7-5-,8-6-,17-9+;;;. The topological polar surface area (TPSA) is 59.1 Å². The fraction of sp³-hybridized carbons (Fsp3) is 0.538. The number of rotatable bonds is 7. The first kappa shape index (κ1) is 32.9. The Morgan fingerprint density at radius 3 is 1.85 bits per heavy atom. The molecular weight excluding hydrogens is 436 g/mol. The lowest BCUT2D eigenvalue weighted by Gasteiger charge is -2.36. The molecule has 1 aliphatic heterocycles. The molecule has 1 fully saturated rings. The average Bonchev–Trinajstić information content (AvgIpc) is 2.89. The summed E-state index contributed by atoms with van der Waals surface area (Å²) >= 11 is 0. The lowest BCUT2D eigenvalue weighted by molar-refractivity contribution is 0.234. The van der Waals surface area contributed by atoms with Gasteiger partial charge in [0.05, 0.1) is 19.1 Å². The fourth-order valence-corrected chi connectivity index (χ4v) is 4.38. The zero-order valence-corrected chi connectivity index (χ0v) is 23.2. The predicted octanol–water partition coefficient (Wildman–Crippen LogP) is 6.12. The van der Waals surface area contributed by atoms with Crippen LogP contribution in [0.5, 0.6) is 11.5 Å². The highest BCUT2D eigenvalue weighted by Gasteiger charge is 2.29. The van der Waals surface area contributed by atoms with E-state index in [2.05, 4.69) is 4.90 Å². The molecule has 190 valence electrons. The third-order valence-electron chi connectivity index (χ3n) is 4.39. The van der Waals surface area contributed by atoms with Crippen LogP contribution in [0.2, 0.25) is 0 Å². The van der Waals surface area contributed by atoms with Gasteiger partial charge in [-0.15, -0.1) is 0 Å². The number of nitrogens with zero attached hydrogens (tertiary/aromatic N) is 2. The third kappa shape index (κ3) is 10.0. The van der Waals surface area contributed by atoms with E-state index in [1.807, 2.05) is 85.8 Å². The molecule has 1 aliphatic rings. The highest BCUT2D eigenvalue weighted by Crippen LogP contribution is 2.31. The largest absolute Gasteiger partial charge is 0.493 e. The lowest BCUT2D eigenvalue weighted by Crippen LogP contribution is -2.47. The molecule has 0 spiro atoms. The first-order valence-electron chi connectivity index (χ1n) is 11.9. The smallest absolute Gasteiger partial charge is 0.243 e. The summed E-state index contributed by atoms with van der Waals surface area (Å²) in [6.45, 7) is 18.1. The van der Waals surface area contributed by atoms with Gasteiger partial charge in [-0.05, 0) is 38.1 Å². The second-order valence-corrected chi connectivity index (χ2v) is 7.96. The second-order valence-electron chi connectivity index (χ2n) is 6.03. The molecule has 1 aromatic carbocycles. The van der Waals surface area contributed by atoms with Crippen LogP contribution < -0.4 is 9.47 Å². The van der Waals surface area contributed by atoms with Crippen molar-refractivity contribution in [1.82, 2.24) is 9.21 Å². The molecule has 0 bridgehead atoms. The first-order valence-corrected chi connectivity index (χ1v) is 13.3. The van der Waals surface area contributed by atoms with E-state index in [0.29, 0.717) is 37.7 Å². The number of benzene rings is 1. The van der Waals surface area contributed by atoms with Crippen molar-refractivity contribution in [3.63, 3.8) is 0 Å². The van der Waals surface area contributed by atoms with Crippen molar-refractivity contribution in [2.24, 2.45) is 0 Å². The molecular formula is C26H46N2O4S. The van der Waals surface area contributed by atoms with E-state index in [1.54, 1.807) is 12.1 Å². The first-order chi connectivity index (χ1) is 16.0. The summed E-state index contributed by atoms with van der Waals surface area (Å²) in [5.74, 6) is 0.910. The fourth-order valence-electron chi connectivity index (χ4n) is 2.94. The van der Waals surface area contributed by atoms with Crippen LogP contribution in [-0.4, -0.2) is 58.0 Å². The van der Waals surface area contributed by atoms with Gasteiger partial charge in [-0.3, -0.25) is 0 Å². The van der Waals surface area contributed by atoms with Crippen LogP contribution in [0, 0.1) is 0 Å². The summed E-state index contributed by atoms with van der Waals surface area (Å²) in [7, 11) is -0.563. The van der Waals surface area contributed by atoms with Gasteiger partial charge in [0.25, 0.3) is 0 Å². The van der Waals surface area contributed by atoms with Crippen molar-refractivity contribution >= 4 is 10.0 Å². The molecule has 6 nitrogen and oxygen atoms in total. The van der Waals surface area contributed by atoms with Gasteiger partial charge >= 0.3 is 0 Å². The van der Waals surface area contributed by atoms with Gasteiger partial charge < -0.3 is 14.4 Å². The van der Waals surface area contributed by atoms with Gasteiger partial charge in [0, 0.05) is 37.9 Å². The molecule has 0 radical (unpaired) electrons. The maximum Gasteiger partial charge on any atom is 0.243 e. The van der Waals surface area contributed by atoms with Crippen LogP contribution in [0.3, 0.4) is 0 Å². The zero-order chi connectivity index (χ0) is 25.9. The lowest BCUT2D eigenvalue weighted by atomic mass is 10.2. The average molecular weight is 483 g/mol. The highest BCUT2D eigenvalue weighted by atomic mass is 32.2. The van der Waals surface area contributed by atoms with Crippen LogP contribution in [0.15, 0.2) is 59.2 Å². The number of hydrogen-bond donors (Lipinski definition) is 0. The van der Waals surface area contributed by atoms with Gasteiger partial charge in [0.2, 0.25) is 10.0 Å². The summed E-state index contributed by atoms with van der Waals surface area (Å²) in [5.41, 5.74) is 1.08. The van der Waals surface area contributed by atoms with E-state index in [0.717, 1.165) is 5.70 Å². The molecule has 1 heterocycles. The van der Waals surface area contributed by atoms with Crippen LogP contribution in [0.25, 0.3) is 0 Å². The quantitative estimate of drug-likeness (QED) is 0.438. The van der Waals surface area contributed by atoms with E-state index >= 15 is 0 Å². The molecule has 33 heavy (non-hydrogen) atoms. The Balaban J connectivity index is 0. The Bertz CT molecular complexity index is 823. The minimum Gasteiger partial charge on any atom is -0.493 e. The SMILES string of the molecule is CC.CC.CC.C\C=C/C=C(\C=C/C)N1CCN(S(=O)(=O)c2ccc(OC)c(OC)c2)CC1. The van der Waals surface area contributed by atoms with E-state index in [1.165, 1.54) is 24.6 Å². The summed E-state index contributed by atoms with van der Waals surface area (Å²) in [6.07, 6.45) is 10.0. The van der Waals surface area contributed by atoms with Crippen LogP contribution in [0.4, 0.5) is 0 Å². The number of piperazine rings is 1. The van der Waals surface area contributed by atoms with Crippen molar-refractivity contribution in [2.75, 3.05) is 40.4 Å². The maximum absolute atomic E-state index is 13.0.